The van der Waals surface area contributed by atoms with Gasteiger partial charge in [0.2, 0.25) is 0 Å². The van der Waals surface area contributed by atoms with Gasteiger partial charge in [0.25, 0.3) is 0 Å². The zero-order valence-corrected chi connectivity index (χ0v) is 21.1. The summed E-state index contributed by atoms with van der Waals surface area (Å²) in [4.78, 5) is 0. The summed E-state index contributed by atoms with van der Waals surface area (Å²) in [5, 5.41) is 8.72. The topological polar surface area (TPSA) is 25.8 Å². The van der Waals surface area contributed by atoms with E-state index in [4.69, 9.17) is 0 Å². The van der Waals surface area contributed by atoms with Gasteiger partial charge in [0, 0.05) is 5.56 Å². The van der Waals surface area contributed by atoms with Gasteiger partial charge in [-0.15, -0.1) is 0 Å². The Morgan fingerprint density at radius 2 is 1.42 bits per heavy atom. The summed E-state index contributed by atoms with van der Waals surface area (Å²) < 4.78 is 14.8. The molecule has 1 aliphatic carbocycles. The first kappa shape index (κ1) is 25.8. The Kier molecular flexibility index (Phi) is 11.3. The summed E-state index contributed by atoms with van der Waals surface area (Å²) in [5.41, 5.74) is 3.46. The number of hydrogen-bond acceptors (Lipinski definition) is 2. The lowest BCUT2D eigenvalue weighted by Crippen LogP contribution is -2.15. The van der Waals surface area contributed by atoms with Crippen LogP contribution in [0.4, 0.5) is 4.39 Å². The van der Waals surface area contributed by atoms with Crippen LogP contribution >= 0.6 is 0 Å². The lowest BCUT2D eigenvalue weighted by Gasteiger charge is -2.28. The Morgan fingerprint density at radius 1 is 0.727 bits per heavy atom. The van der Waals surface area contributed by atoms with Crippen LogP contribution in [0.15, 0.2) is 30.3 Å². The molecule has 0 aliphatic heterocycles. The molecule has 1 aliphatic rings. The number of unbranched alkanes of at least 4 members (excludes halogenated alkanes) is 6. The minimum Gasteiger partial charge on any atom is -0.207 e. The smallest absolute Gasteiger partial charge is 0.127 e. The third kappa shape index (κ3) is 8.83. The Balaban J connectivity index is 1.42. The molecule has 0 atom stereocenters. The molecule has 2 nitrogen and oxygen atoms in total. The van der Waals surface area contributed by atoms with Crippen LogP contribution in [0.1, 0.15) is 115 Å². The van der Waals surface area contributed by atoms with Gasteiger partial charge in [-0.25, -0.2) is 4.39 Å². The van der Waals surface area contributed by atoms with E-state index in [-0.39, 0.29) is 5.82 Å². The third-order valence-corrected chi connectivity index (χ3v) is 7.61. The van der Waals surface area contributed by atoms with Crippen molar-refractivity contribution in [3.05, 3.63) is 47.4 Å². The normalized spacial score (nSPS) is 18.5. The maximum atomic E-state index is 14.8. The first-order valence-electron chi connectivity index (χ1n) is 13.8. The van der Waals surface area contributed by atoms with Crippen molar-refractivity contribution < 1.29 is 4.39 Å². The summed E-state index contributed by atoms with van der Waals surface area (Å²) in [6.45, 7) is 4.50. The van der Waals surface area contributed by atoms with Crippen molar-refractivity contribution >= 4 is 0 Å². The molecule has 0 bridgehead atoms. The van der Waals surface area contributed by atoms with Crippen molar-refractivity contribution in [2.24, 2.45) is 11.8 Å². The molecule has 1 heterocycles. The van der Waals surface area contributed by atoms with Crippen LogP contribution in [-0.4, -0.2) is 10.2 Å². The maximum Gasteiger partial charge on any atom is 0.127 e. The number of benzene rings is 1. The highest BCUT2D eigenvalue weighted by molar-refractivity contribution is 5.59. The molecule has 0 spiro atoms. The molecule has 0 radical (unpaired) electrons. The van der Waals surface area contributed by atoms with Crippen molar-refractivity contribution in [3.63, 3.8) is 0 Å². The van der Waals surface area contributed by atoms with Crippen LogP contribution in [0.2, 0.25) is 0 Å². The van der Waals surface area contributed by atoms with Crippen LogP contribution in [0.3, 0.4) is 0 Å². The van der Waals surface area contributed by atoms with Crippen LogP contribution in [-0.2, 0) is 12.8 Å². The Bertz CT molecular complexity index is 793. The molecular formula is C30H45FN2. The lowest BCUT2D eigenvalue weighted by atomic mass is 9.77. The van der Waals surface area contributed by atoms with E-state index in [1.165, 1.54) is 77.0 Å². The monoisotopic (exact) mass is 452 g/mol. The van der Waals surface area contributed by atoms with Crippen LogP contribution in [0.5, 0.6) is 0 Å². The van der Waals surface area contributed by atoms with Crippen molar-refractivity contribution in [2.75, 3.05) is 0 Å². The standard InChI is InChI=1S/C30H45FN2/c1-3-5-7-9-11-24-13-15-25(16-14-24)17-18-26-19-20-27(23-29(26)31)30-22-21-28(32-33-30)12-10-8-6-4-2/h19-25H,3-18H2,1-2H3. The summed E-state index contributed by atoms with van der Waals surface area (Å²) in [6.07, 6.45) is 20.2. The van der Waals surface area contributed by atoms with Gasteiger partial charge >= 0.3 is 0 Å². The third-order valence-electron chi connectivity index (χ3n) is 7.61. The lowest BCUT2D eigenvalue weighted by molar-refractivity contribution is 0.248. The van der Waals surface area contributed by atoms with Crippen molar-refractivity contribution in [2.45, 2.75) is 117 Å². The van der Waals surface area contributed by atoms with Gasteiger partial charge in [0.15, 0.2) is 0 Å². The fourth-order valence-electron chi connectivity index (χ4n) is 5.32. The first-order valence-corrected chi connectivity index (χ1v) is 13.8. The van der Waals surface area contributed by atoms with E-state index >= 15 is 0 Å². The molecule has 1 aromatic carbocycles. The minimum atomic E-state index is -0.0949. The first-order chi connectivity index (χ1) is 16.2. The number of aryl methyl sites for hydroxylation is 2. The zero-order chi connectivity index (χ0) is 23.3. The van der Waals surface area contributed by atoms with Crippen molar-refractivity contribution in [1.82, 2.24) is 10.2 Å². The van der Waals surface area contributed by atoms with Crippen molar-refractivity contribution in [1.29, 1.82) is 0 Å². The van der Waals surface area contributed by atoms with Gasteiger partial charge in [-0.05, 0) is 61.3 Å². The molecule has 3 rings (SSSR count). The highest BCUT2D eigenvalue weighted by atomic mass is 19.1. The van der Waals surface area contributed by atoms with Gasteiger partial charge in [0.1, 0.15) is 5.82 Å². The van der Waals surface area contributed by atoms with Crippen molar-refractivity contribution in [3.8, 4) is 11.3 Å². The molecule has 0 amide bonds. The van der Waals surface area contributed by atoms with E-state index in [0.717, 1.165) is 60.0 Å². The van der Waals surface area contributed by atoms with E-state index in [0.29, 0.717) is 0 Å². The average Bonchev–Trinajstić information content (AvgIpc) is 2.85. The highest BCUT2D eigenvalue weighted by Gasteiger charge is 2.21. The fraction of sp³-hybridized carbons (Fsp3) is 0.667. The van der Waals surface area contributed by atoms with Gasteiger partial charge in [-0.1, -0.05) is 103 Å². The largest absolute Gasteiger partial charge is 0.207 e. The summed E-state index contributed by atoms with van der Waals surface area (Å²) in [6, 6.07) is 9.64. The highest BCUT2D eigenvalue weighted by Crippen LogP contribution is 2.34. The molecule has 1 fully saturated rings. The second-order valence-electron chi connectivity index (χ2n) is 10.3. The van der Waals surface area contributed by atoms with Gasteiger partial charge in [0.05, 0.1) is 11.4 Å². The quantitative estimate of drug-likeness (QED) is 0.267. The molecule has 0 N–H and O–H groups in total. The van der Waals surface area contributed by atoms with E-state index < -0.39 is 0 Å². The predicted octanol–water partition coefficient (Wildman–Crippen LogP) is 9.11. The second kappa shape index (κ2) is 14.5. The van der Waals surface area contributed by atoms with Crippen LogP contribution < -0.4 is 0 Å². The Morgan fingerprint density at radius 3 is 2.06 bits per heavy atom. The molecule has 0 unspecified atom stereocenters. The number of halogens is 1. The number of hydrogen-bond donors (Lipinski definition) is 0. The molecule has 1 aromatic heterocycles. The van der Waals surface area contributed by atoms with E-state index in [1.807, 2.05) is 24.3 Å². The average molecular weight is 453 g/mol. The molecule has 33 heavy (non-hydrogen) atoms. The van der Waals surface area contributed by atoms with E-state index in [2.05, 4.69) is 24.0 Å². The van der Waals surface area contributed by atoms with Gasteiger partial charge < -0.3 is 0 Å². The van der Waals surface area contributed by atoms with E-state index in [1.54, 1.807) is 6.07 Å². The predicted molar refractivity (Wildman–Crippen MR) is 138 cm³/mol. The molecule has 182 valence electrons. The summed E-state index contributed by atoms with van der Waals surface area (Å²) in [5.74, 6) is 1.62. The molecule has 2 aromatic rings. The Labute approximate surface area is 201 Å². The van der Waals surface area contributed by atoms with Crippen LogP contribution in [0, 0.1) is 17.7 Å². The zero-order valence-electron chi connectivity index (χ0n) is 21.1. The van der Waals surface area contributed by atoms with Gasteiger partial charge in [-0.3, -0.25) is 0 Å². The summed E-state index contributed by atoms with van der Waals surface area (Å²) in [7, 11) is 0. The number of aromatic nitrogens is 2. The molecule has 0 saturated heterocycles. The molecule has 1 saturated carbocycles. The summed E-state index contributed by atoms with van der Waals surface area (Å²) >= 11 is 0. The van der Waals surface area contributed by atoms with Gasteiger partial charge in [-0.2, -0.15) is 10.2 Å². The fourth-order valence-corrected chi connectivity index (χ4v) is 5.32. The molecule has 3 heteroatoms. The maximum absolute atomic E-state index is 14.8. The minimum absolute atomic E-state index is 0.0949. The van der Waals surface area contributed by atoms with Crippen LogP contribution in [0.25, 0.3) is 11.3 Å². The van der Waals surface area contributed by atoms with E-state index in [9.17, 15) is 4.39 Å². The Hall–Kier alpha value is -1.77. The number of nitrogens with zero attached hydrogens (tertiary/aromatic N) is 2. The SMILES string of the molecule is CCCCCCc1ccc(-c2ccc(CCC3CCC(CCCCCC)CC3)c(F)c2)nn1. The second-order valence-corrected chi connectivity index (χ2v) is 10.3. The number of rotatable bonds is 14. The molecular weight excluding hydrogens is 407 g/mol.